The van der Waals surface area contributed by atoms with E-state index in [4.69, 9.17) is 0 Å². The van der Waals surface area contributed by atoms with E-state index in [1.165, 1.54) is 6.42 Å². The number of halogens is 4. The minimum Gasteiger partial charge on any atom is -0.371 e. The summed E-state index contributed by atoms with van der Waals surface area (Å²) in [5.74, 6) is 0.608. The van der Waals surface area contributed by atoms with Gasteiger partial charge in [0.1, 0.15) is 6.61 Å². The van der Waals surface area contributed by atoms with Gasteiger partial charge in [-0.1, -0.05) is 0 Å². The maximum atomic E-state index is 11.8. The minimum absolute atomic E-state index is 0. The predicted octanol–water partition coefficient (Wildman–Crippen LogP) is 1.92. The van der Waals surface area contributed by atoms with Crippen LogP contribution in [-0.4, -0.2) is 57.5 Å². The monoisotopic (exact) mass is 290 g/mol. The van der Waals surface area contributed by atoms with Gasteiger partial charge >= 0.3 is 6.18 Å². The molecule has 1 rings (SSSR count). The van der Waals surface area contributed by atoms with Crippen LogP contribution >= 0.6 is 12.4 Å². The minimum atomic E-state index is -4.21. The zero-order valence-electron chi connectivity index (χ0n) is 10.6. The Hall–Kier alpha value is -0.0400. The first-order chi connectivity index (χ1) is 8.01. The van der Waals surface area contributed by atoms with Crippen LogP contribution in [0.3, 0.4) is 0 Å². The molecule has 0 aromatic heterocycles. The SMILES string of the molecule is CNCC1CCCN(CCOCC(F)(F)F)C1.Cl. The third-order valence-corrected chi connectivity index (χ3v) is 2.91. The Labute approximate surface area is 112 Å². The van der Waals surface area contributed by atoms with Crippen molar-refractivity contribution < 1.29 is 17.9 Å². The number of hydrogen-bond acceptors (Lipinski definition) is 3. The molecule has 1 aliphatic heterocycles. The van der Waals surface area contributed by atoms with Gasteiger partial charge in [0.15, 0.2) is 0 Å². The summed E-state index contributed by atoms with van der Waals surface area (Å²) in [7, 11) is 1.92. The van der Waals surface area contributed by atoms with Crippen molar-refractivity contribution in [3.63, 3.8) is 0 Å². The Bertz CT molecular complexity index is 215. The number of rotatable bonds is 6. The fraction of sp³-hybridized carbons (Fsp3) is 1.00. The first kappa shape index (κ1) is 18.0. The third kappa shape index (κ3) is 8.13. The Kier molecular flexibility index (Phi) is 8.94. The van der Waals surface area contributed by atoms with Crippen LogP contribution in [0, 0.1) is 5.92 Å². The van der Waals surface area contributed by atoms with Crippen LogP contribution < -0.4 is 5.32 Å². The zero-order valence-corrected chi connectivity index (χ0v) is 11.4. The van der Waals surface area contributed by atoms with Crippen molar-refractivity contribution >= 4 is 12.4 Å². The molecule has 1 unspecified atom stereocenters. The first-order valence-electron chi connectivity index (χ1n) is 6.02. The molecule has 3 nitrogen and oxygen atoms in total. The fourth-order valence-corrected chi connectivity index (χ4v) is 2.19. The molecule has 1 fully saturated rings. The molecular formula is C11H22ClF3N2O. The summed E-state index contributed by atoms with van der Waals surface area (Å²) >= 11 is 0. The maximum absolute atomic E-state index is 11.8. The average Bonchev–Trinajstić information content (AvgIpc) is 2.24. The number of ether oxygens (including phenoxy) is 1. The molecule has 0 spiro atoms. The molecule has 18 heavy (non-hydrogen) atoms. The van der Waals surface area contributed by atoms with Gasteiger partial charge in [-0.2, -0.15) is 13.2 Å². The van der Waals surface area contributed by atoms with E-state index in [0.717, 1.165) is 26.1 Å². The predicted molar refractivity (Wildman–Crippen MR) is 67.2 cm³/mol. The lowest BCUT2D eigenvalue weighted by Crippen LogP contribution is -2.40. The molecule has 0 saturated carbocycles. The normalized spacial score (nSPS) is 21.7. The lowest BCUT2D eigenvalue weighted by Gasteiger charge is -2.32. The number of alkyl halides is 3. The van der Waals surface area contributed by atoms with Gasteiger partial charge in [-0.15, -0.1) is 12.4 Å². The van der Waals surface area contributed by atoms with Crippen molar-refractivity contribution in [1.82, 2.24) is 10.2 Å². The van der Waals surface area contributed by atoms with E-state index < -0.39 is 12.8 Å². The molecule has 1 atom stereocenters. The Morgan fingerprint density at radius 1 is 1.39 bits per heavy atom. The maximum Gasteiger partial charge on any atom is 0.411 e. The Morgan fingerprint density at radius 3 is 2.72 bits per heavy atom. The summed E-state index contributed by atoms with van der Waals surface area (Å²) in [6, 6.07) is 0. The van der Waals surface area contributed by atoms with E-state index >= 15 is 0 Å². The summed E-state index contributed by atoms with van der Waals surface area (Å²) in [5, 5.41) is 3.14. The number of nitrogens with zero attached hydrogens (tertiary/aromatic N) is 1. The molecule has 0 aromatic rings. The van der Waals surface area contributed by atoms with Gasteiger partial charge in [0.25, 0.3) is 0 Å². The summed E-state index contributed by atoms with van der Waals surface area (Å²) < 4.78 is 40.1. The standard InChI is InChI=1S/C11H21F3N2O.ClH/c1-15-7-10-3-2-4-16(8-10)5-6-17-9-11(12,13)14;/h10,15H,2-9H2,1H3;1H. The highest BCUT2D eigenvalue weighted by atomic mass is 35.5. The molecule has 0 bridgehead atoms. The van der Waals surface area contributed by atoms with E-state index in [9.17, 15) is 13.2 Å². The van der Waals surface area contributed by atoms with Gasteiger partial charge < -0.3 is 15.0 Å². The third-order valence-electron chi connectivity index (χ3n) is 2.91. The van der Waals surface area contributed by atoms with Crippen molar-refractivity contribution in [3.8, 4) is 0 Å². The molecule has 0 aromatic carbocycles. The second-order valence-corrected chi connectivity index (χ2v) is 4.53. The second-order valence-electron chi connectivity index (χ2n) is 4.53. The van der Waals surface area contributed by atoms with Crippen LogP contribution in [0.5, 0.6) is 0 Å². The fourth-order valence-electron chi connectivity index (χ4n) is 2.19. The smallest absolute Gasteiger partial charge is 0.371 e. The van der Waals surface area contributed by atoms with Crippen LogP contribution in [0.4, 0.5) is 13.2 Å². The average molecular weight is 291 g/mol. The highest BCUT2D eigenvalue weighted by Crippen LogP contribution is 2.16. The van der Waals surface area contributed by atoms with Gasteiger partial charge in [0.2, 0.25) is 0 Å². The number of likely N-dealkylation sites (tertiary alicyclic amines) is 1. The van der Waals surface area contributed by atoms with Crippen molar-refractivity contribution in [2.24, 2.45) is 5.92 Å². The van der Waals surface area contributed by atoms with Crippen LogP contribution in [0.15, 0.2) is 0 Å². The molecule has 0 aliphatic carbocycles. The van der Waals surface area contributed by atoms with E-state index in [2.05, 4.69) is 15.0 Å². The zero-order chi connectivity index (χ0) is 12.7. The van der Waals surface area contributed by atoms with Crippen molar-refractivity contribution in [2.75, 3.05) is 46.4 Å². The highest BCUT2D eigenvalue weighted by molar-refractivity contribution is 5.85. The van der Waals surface area contributed by atoms with E-state index in [0.29, 0.717) is 12.5 Å². The van der Waals surface area contributed by atoms with Crippen LogP contribution in [0.1, 0.15) is 12.8 Å². The van der Waals surface area contributed by atoms with Crippen LogP contribution in [0.25, 0.3) is 0 Å². The van der Waals surface area contributed by atoms with E-state index in [1.54, 1.807) is 0 Å². The van der Waals surface area contributed by atoms with Gasteiger partial charge in [-0.25, -0.2) is 0 Å². The van der Waals surface area contributed by atoms with Crippen LogP contribution in [-0.2, 0) is 4.74 Å². The lowest BCUT2D eigenvalue weighted by atomic mass is 9.98. The summed E-state index contributed by atoms with van der Waals surface area (Å²) in [4.78, 5) is 2.18. The molecule has 1 heterocycles. The van der Waals surface area contributed by atoms with E-state index in [-0.39, 0.29) is 19.0 Å². The summed E-state index contributed by atoms with van der Waals surface area (Å²) in [6.45, 7) is 2.51. The molecule has 1 saturated heterocycles. The molecular weight excluding hydrogens is 269 g/mol. The highest BCUT2D eigenvalue weighted by Gasteiger charge is 2.27. The number of nitrogens with one attached hydrogen (secondary N) is 1. The molecule has 7 heteroatoms. The summed E-state index contributed by atoms with van der Waals surface area (Å²) in [5.41, 5.74) is 0. The molecule has 1 aliphatic rings. The molecule has 0 radical (unpaired) electrons. The van der Waals surface area contributed by atoms with Gasteiger partial charge in [-0.3, -0.25) is 0 Å². The van der Waals surface area contributed by atoms with Crippen molar-refractivity contribution in [1.29, 1.82) is 0 Å². The van der Waals surface area contributed by atoms with E-state index in [1.807, 2.05) is 7.05 Å². The topological polar surface area (TPSA) is 24.5 Å². The lowest BCUT2D eigenvalue weighted by molar-refractivity contribution is -0.174. The molecule has 1 N–H and O–H groups in total. The van der Waals surface area contributed by atoms with Gasteiger partial charge in [0.05, 0.1) is 6.61 Å². The summed E-state index contributed by atoms with van der Waals surface area (Å²) in [6.07, 6.45) is -1.90. The molecule has 110 valence electrons. The van der Waals surface area contributed by atoms with Gasteiger partial charge in [0, 0.05) is 13.1 Å². The Morgan fingerprint density at radius 2 is 2.11 bits per heavy atom. The van der Waals surface area contributed by atoms with Crippen LogP contribution in [0.2, 0.25) is 0 Å². The van der Waals surface area contributed by atoms with Gasteiger partial charge in [-0.05, 0) is 38.9 Å². The molecule has 0 amide bonds. The quantitative estimate of drug-likeness (QED) is 0.757. The first-order valence-corrected chi connectivity index (χ1v) is 6.02. The number of hydrogen-bond donors (Lipinski definition) is 1. The van der Waals surface area contributed by atoms with Crippen molar-refractivity contribution in [3.05, 3.63) is 0 Å². The van der Waals surface area contributed by atoms with Crippen molar-refractivity contribution in [2.45, 2.75) is 19.0 Å². The second kappa shape index (κ2) is 8.96. The number of piperidine rings is 1. The Balaban J connectivity index is 0.00000289. The largest absolute Gasteiger partial charge is 0.411 e.